The predicted octanol–water partition coefficient (Wildman–Crippen LogP) is 2.19. The number of benzene rings is 1. The molecule has 1 aromatic heterocycles. The minimum Gasteiger partial charge on any atom is -0.494 e. The molecule has 0 amide bonds. The van der Waals surface area contributed by atoms with Crippen molar-refractivity contribution in [3.8, 4) is 11.8 Å². The molecule has 0 fully saturated rings. The lowest BCUT2D eigenvalue weighted by Crippen LogP contribution is -2.20. The summed E-state index contributed by atoms with van der Waals surface area (Å²) in [6.45, 7) is 2.53. The van der Waals surface area contributed by atoms with E-state index in [-0.39, 0.29) is 0 Å². The average molecular weight is 284 g/mol. The molecule has 0 saturated heterocycles. The second kappa shape index (κ2) is 7.46. The summed E-state index contributed by atoms with van der Waals surface area (Å²) in [5, 5.41) is 12.9. The summed E-state index contributed by atoms with van der Waals surface area (Å²) >= 11 is 0. The van der Waals surface area contributed by atoms with Gasteiger partial charge in [0.1, 0.15) is 5.75 Å². The fraction of sp³-hybridized carbons (Fsp3) is 0.375. The Morgan fingerprint density at radius 3 is 2.71 bits per heavy atom. The third kappa shape index (κ3) is 4.93. The van der Waals surface area contributed by atoms with Gasteiger partial charge >= 0.3 is 0 Å². The first kappa shape index (κ1) is 15.1. The van der Waals surface area contributed by atoms with Crippen molar-refractivity contribution in [1.29, 1.82) is 5.26 Å². The second-order valence-electron chi connectivity index (χ2n) is 5.10. The van der Waals surface area contributed by atoms with Crippen LogP contribution in [0.3, 0.4) is 0 Å². The lowest BCUT2D eigenvalue weighted by atomic mass is 10.2. The molecule has 0 radical (unpaired) electrons. The summed E-state index contributed by atoms with van der Waals surface area (Å²) in [6, 6.07) is 9.29. The van der Waals surface area contributed by atoms with Gasteiger partial charge in [-0.2, -0.15) is 10.4 Å². The summed E-state index contributed by atoms with van der Waals surface area (Å²) in [5.41, 5.74) is 1.87. The quantitative estimate of drug-likeness (QED) is 0.731. The number of hydrogen-bond donors (Lipinski definition) is 0. The Balaban J connectivity index is 1.65. The predicted molar refractivity (Wildman–Crippen MR) is 80.8 cm³/mol. The van der Waals surface area contributed by atoms with Crippen molar-refractivity contribution in [1.82, 2.24) is 14.7 Å². The molecule has 0 unspecified atom stereocenters. The van der Waals surface area contributed by atoms with E-state index in [9.17, 15) is 0 Å². The van der Waals surface area contributed by atoms with Gasteiger partial charge < -0.3 is 9.64 Å². The van der Waals surface area contributed by atoms with Crippen molar-refractivity contribution in [2.75, 3.05) is 20.2 Å². The van der Waals surface area contributed by atoms with Gasteiger partial charge in [-0.05, 0) is 37.7 Å². The molecule has 0 aliphatic rings. The van der Waals surface area contributed by atoms with Crippen LogP contribution in [0.25, 0.3) is 0 Å². The Morgan fingerprint density at radius 2 is 2.10 bits per heavy atom. The maximum absolute atomic E-state index is 8.72. The molecule has 0 bridgehead atoms. The van der Waals surface area contributed by atoms with Gasteiger partial charge in [0.05, 0.1) is 24.4 Å². The third-order valence-electron chi connectivity index (χ3n) is 3.15. The maximum Gasteiger partial charge on any atom is 0.119 e. The number of rotatable bonds is 7. The number of hydrogen-bond acceptors (Lipinski definition) is 4. The smallest absolute Gasteiger partial charge is 0.119 e. The van der Waals surface area contributed by atoms with Crippen molar-refractivity contribution < 1.29 is 4.74 Å². The Hall–Kier alpha value is -2.32. The topological polar surface area (TPSA) is 54.1 Å². The first-order valence-corrected chi connectivity index (χ1v) is 6.96. The fourth-order valence-electron chi connectivity index (χ4n) is 2.09. The highest BCUT2D eigenvalue weighted by Crippen LogP contribution is 2.11. The summed E-state index contributed by atoms with van der Waals surface area (Å²) in [7, 11) is 4.02. The minimum absolute atomic E-state index is 0.651. The van der Waals surface area contributed by atoms with E-state index in [1.165, 1.54) is 5.56 Å². The van der Waals surface area contributed by atoms with Crippen LogP contribution in [0.2, 0.25) is 0 Å². The Bertz CT molecular complexity index is 597. The molecular formula is C16H20N4O. The standard InChI is InChI=1S/C16H20N4O/c1-19(12-15-11-18-20(2)13-15)8-3-9-21-16-6-4-14(10-17)5-7-16/h4-7,11,13H,3,8-9,12H2,1-2H3. The lowest BCUT2D eigenvalue weighted by molar-refractivity contribution is 0.259. The van der Waals surface area contributed by atoms with Gasteiger partial charge in [-0.1, -0.05) is 0 Å². The molecule has 0 aliphatic carbocycles. The maximum atomic E-state index is 8.72. The number of aryl methyl sites for hydroxylation is 1. The van der Waals surface area contributed by atoms with Gasteiger partial charge in [0.15, 0.2) is 0 Å². The van der Waals surface area contributed by atoms with E-state index in [2.05, 4.69) is 23.1 Å². The van der Waals surface area contributed by atoms with E-state index < -0.39 is 0 Å². The van der Waals surface area contributed by atoms with Crippen molar-refractivity contribution in [3.05, 3.63) is 47.8 Å². The molecule has 0 N–H and O–H groups in total. The number of aromatic nitrogens is 2. The van der Waals surface area contributed by atoms with Crippen molar-refractivity contribution in [2.24, 2.45) is 7.05 Å². The SMILES string of the molecule is CN(CCCOc1ccc(C#N)cc1)Cc1cnn(C)c1. The highest BCUT2D eigenvalue weighted by Gasteiger charge is 2.02. The van der Waals surface area contributed by atoms with Gasteiger partial charge in [-0.3, -0.25) is 4.68 Å². The van der Waals surface area contributed by atoms with Crippen LogP contribution in [0.1, 0.15) is 17.5 Å². The zero-order valence-electron chi connectivity index (χ0n) is 12.5. The number of ether oxygens (including phenoxy) is 1. The van der Waals surface area contributed by atoms with E-state index in [0.29, 0.717) is 12.2 Å². The van der Waals surface area contributed by atoms with Crippen LogP contribution in [-0.2, 0) is 13.6 Å². The van der Waals surface area contributed by atoms with Crippen LogP contribution < -0.4 is 4.74 Å². The molecule has 1 aromatic carbocycles. The summed E-state index contributed by atoms with van der Waals surface area (Å²) < 4.78 is 7.47. The number of nitrogens with zero attached hydrogens (tertiary/aromatic N) is 4. The Kier molecular flexibility index (Phi) is 5.35. The van der Waals surface area contributed by atoms with Crippen LogP contribution in [0.15, 0.2) is 36.7 Å². The monoisotopic (exact) mass is 284 g/mol. The van der Waals surface area contributed by atoms with Gasteiger partial charge in [-0.25, -0.2) is 0 Å². The molecule has 110 valence electrons. The highest BCUT2D eigenvalue weighted by molar-refractivity contribution is 5.34. The van der Waals surface area contributed by atoms with Crippen molar-refractivity contribution in [2.45, 2.75) is 13.0 Å². The zero-order chi connectivity index (χ0) is 15.1. The second-order valence-corrected chi connectivity index (χ2v) is 5.10. The van der Waals surface area contributed by atoms with E-state index in [1.54, 1.807) is 12.1 Å². The molecule has 0 saturated carbocycles. The van der Waals surface area contributed by atoms with E-state index in [1.807, 2.05) is 36.3 Å². The molecule has 5 nitrogen and oxygen atoms in total. The summed E-state index contributed by atoms with van der Waals surface area (Å²) in [4.78, 5) is 2.25. The number of nitriles is 1. The van der Waals surface area contributed by atoms with E-state index in [4.69, 9.17) is 10.00 Å². The van der Waals surface area contributed by atoms with Crippen molar-refractivity contribution >= 4 is 0 Å². The largest absolute Gasteiger partial charge is 0.494 e. The molecule has 2 rings (SSSR count). The third-order valence-corrected chi connectivity index (χ3v) is 3.15. The van der Waals surface area contributed by atoms with Crippen LogP contribution in [-0.4, -0.2) is 34.9 Å². The molecule has 5 heteroatoms. The first-order valence-electron chi connectivity index (χ1n) is 6.96. The molecule has 0 atom stereocenters. The summed E-state index contributed by atoms with van der Waals surface area (Å²) in [5.74, 6) is 0.809. The van der Waals surface area contributed by atoms with E-state index >= 15 is 0 Å². The molecule has 1 heterocycles. The lowest BCUT2D eigenvalue weighted by Gasteiger charge is -2.15. The Labute approximate surface area is 125 Å². The molecular weight excluding hydrogens is 264 g/mol. The zero-order valence-corrected chi connectivity index (χ0v) is 12.5. The van der Waals surface area contributed by atoms with Crippen LogP contribution in [0.4, 0.5) is 0 Å². The first-order chi connectivity index (χ1) is 10.2. The van der Waals surface area contributed by atoms with Crippen LogP contribution in [0.5, 0.6) is 5.75 Å². The molecule has 0 spiro atoms. The van der Waals surface area contributed by atoms with Crippen LogP contribution >= 0.6 is 0 Å². The highest BCUT2D eigenvalue weighted by atomic mass is 16.5. The van der Waals surface area contributed by atoms with Crippen molar-refractivity contribution in [3.63, 3.8) is 0 Å². The normalized spacial score (nSPS) is 10.6. The van der Waals surface area contributed by atoms with E-state index in [0.717, 1.165) is 25.3 Å². The molecule has 0 aliphatic heterocycles. The molecule has 21 heavy (non-hydrogen) atoms. The van der Waals surface area contributed by atoms with Crippen LogP contribution in [0, 0.1) is 11.3 Å². The van der Waals surface area contributed by atoms with Gasteiger partial charge in [-0.15, -0.1) is 0 Å². The minimum atomic E-state index is 0.651. The van der Waals surface area contributed by atoms with Gasteiger partial charge in [0.25, 0.3) is 0 Å². The average Bonchev–Trinajstić information content (AvgIpc) is 2.89. The van der Waals surface area contributed by atoms with Gasteiger partial charge in [0.2, 0.25) is 0 Å². The Morgan fingerprint density at radius 1 is 1.33 bits per heavy atom. The fourth-order valence-corrected chi connectivity index (χ4v) is 2.09. The van der Waals surface area contributed by atoms with Gasteiger partial charge in [0, 0.05) is 31.9 Å². The summed E-state index contributed by atoms with van der Waals surface area (Å²) in [6.07, 6.45) is 4.88. The molecule has 2 aromatic rings.